The molecule has 0 atom stereocenters. The zero-order valence-corrected chi connectivity index (χ0v) is 14.5. The predicted molar refractivity (Wildman–Crippen MR) is 92.5 cm³/mol. The lowest BCUT2D eigenvalue weighted by atomic mass is 10.1. The van der Waals surface area contributed by atoms with Gasteiger partial charge in [0.25, 0.3) is 0 Å². The highest BCUT2D eigenvalue weighted by Crippen LogP contribution is 2.42. The second kappa shape index (κ2) is 6.71. The number of para-hydroxylation sites is 1. The van der Waals surface area contributed by atoms with E-state index < -0.39 is 11.7 Å². The van der Waals surface area contributed by atoms with Crippen LogP contribution in [0.2, 0.25) is 5.02 Å². The highest BCUT2D eigenvalue weighted by Gasteiger charge is 2.34. The third-order valence-electron chi connectivity index (χ3n) is 3.73. The Morgan fingerprint density at radius 3 is 2.52 bits per heavy atom. The zero-order chi connectivity index (χ0) is 18.2. The van der Waals surface area contributed by atoms with Gasteiger partial charge in [-0.1, -0.05) is 17.7 Å². The molecule has 1 fully saturated rings. The van der Waals surface area contributed by atoms with E-state index in [1.165, 1.54) is 12.1 Å². The molecule has 0 unspecified atom stereocenters. The van der Waals surface area contributed by atoms with Gasteiger partial charge in [0.1, 0.15) is 5.82 Å². The van der Waals surface area contributed by atoms with Crippen LogP contribution in [0.3, 0.4) is 0 Å². The fraction of sp³-hybridized carbons (Fsp3) is 0.412. The molecule has 1 saturated carbocycles. The molecule has 8 heteroatoms. The smallest absolute Gasteiger partial charge is 0.352 e. The Balaban J connectivity index is 1.99. The standard InChI is InChI=1S/C17H18ClF3N4/c1-9(2)22-16-23-13(10-6-7-10)8-14(25-16)24-15-11(17(19,20)21)4-3-5-12(15)18/h3-5,8-10H,6-7H2,1-2H3,(H2,22,23,24,25). The molecule has 0 amide bonds. The Kier molecular flexibility index (Phi) is 4.77. The first kappa shape index (κ1) is 17.8. The molecule has 1 aromatic carbocycles. The fourth-order valence-electron chi connectivity index (χ4n) is 2.46. The van der Waals surface area contributed by atoms with Gasteiger partial charge in [0.15, 0.2) is 0 Å². The van der Waals surface area contributed by atoms with E-state index in [9.17, 15) is 13.2 Å². The SMILES string of the molecule is CC(C)Nc1nc(Nc2c(Cl)cccc2C(F)(F)F)cc(C2CC2)n1. The van der Waals surface area contributed by atoms with Crippen LogP contribution in [0.25, 0.3) is 0 Å². The molecule has 0 saturated heterocycles. The minimum Gasteiger partial charge on any atom is -0.352 e. The lowest BCUT2D eigenvalue weighted by molar-refractivity contribution is -0.136. The molecule has 1 aromatic heterocycles. The molecule has 0 radical (unpaired) electrons. The maximum atomic E-state index is 13.3. The van der Waals surface area contributed by atoms with Gasteiger partial charge in [0.05, 0.1) is 22.0 Å². The number of nitrogens with one attached hydrogen (secondary N) is 2. The van der Waals surface area contributed by atoms with Gasteiger partial charge in [-0.15, -0.1) is 0 Å². The Labute approximate surface area is 148 Å². The van der Waals surface area contributed by atoms with E-state index in [1.807, 2.05) is 13.8 Å². The van der Waals surface area contributed by atoms with E-state index in [0.717, 1.165) is 24.6 Å². The normalized spacial score (nSPS) is 14.7. The molecule has 2 aromatic rings. The summed E-state index contributed by atoms with van der Waals surface area (Å²) in [4.78, 5) is 8.74. The van der Waals surface area contributed by atoms with Crippen molar-refractivity contribution in [3.8, 4) is 0 Å². The van der Waals surface area contributed by atoms with E-state index in [2.05, 4.69) is 20.6 Å². The van der Waals surface area contributed by atoms with Crippen LogP contribution in [0.4, 0.5) is 30.6 Å². The van der Waals surface area contributed by atoms with Crippen LogP contribution in [0.15, 0.2) is 24.3 Å². The summed E-state index contributed by atoms with van der Waals surface area (Å²) in [5.74, 6) is 1.02. The minimum absolute atomic E-state index is 0.0141. The average Bonchev–Trinajstić information content (AvgIpc) is 3.32. The zero-order valence-electron chi connectivity index (χ0n) is 13.8. The first-order valence-corrected chi connectivity index (χ1v) is 8.40. The maximum Gasteiger partial charge on any atom is 0.418 e. The van der Waals surface area contributed by atoms with Crippen LogP contribution >= 0.6 is 11.6 Å². The minimum atomic E-state index is -4.52. The Hall–Kier alpha value is -2.02. The Morgan fingerprint density at radius 2 is 1.92 bits per heavy atom. The first-order valence-electron chi connectivity index (χ1n) is 8.02. The number of alkyl halides is 3. The summed E-state index contributed by atoms with van der Waals surface area (Å²) in [5, 5.41) is 5.82. The van der Waals surface area contributed by atoms with E-state index >= 15 is 0 Å². The third kappa shape index (κ3) is 4.34. The summed E-state index contributed by atoms with van der Waals surface area (Å²) in [6, 6.07) is 5.47. The maximum absolute atomic E-state index is 13.3. The lowest BCUT2D eigenvalue weighted by Gasteiger charge is -2.17. The van der Waals surface area contributed by atoms with Crippen molar-refractivity contribution in [3.63, 3.8) is 0 Å². The van der Waals surface area contributed by atoms with Gasteiger partial charge in [-0.25, -0.2) is 4.98 Å². The highest BCUT2D eigenvalue weighted by molar-refractivity contribution is 6.33. The largest absolute Gasteiger partial charge is 0.418 e. The summed E-state index contributed by atoms with van der Waals surface area (Å²) in [5.41, 5.74) is -0.209. The van der Waals surface area contributed by atoms with Gasteiger partial charge < -0.3 is 10.6 Å². The second-order valence-electron chi connectivity index (χ2n) is 6.36. The monoisotopic (exact) mass is 370 g/mol. The first-order chi connectivity index (χ1) is 11.7. The van der Waals surface area contributed by atoms with Gasteiger partial charge in [0.2, 0.25) is 5.95 Å². The molecule has 3 rings (SSSR count). The van der Waals surface area contributed by atoms with Crippen molar-refractivity contribution in [2.45, 2.75) is 44.8 Å². The molecule has 4 nitrogen and oxygen atoms in total. The predicted octanol–water partition coefficient (Wildman–Crippen LogP) is 5.59. The number of rotatable bonds is 5. The molecule has 1 aliphatic carbocycles. The van der Waals surface area contributed by atoms with Gasteiger partial charge in [0, 0.05) is 18.0 Å². The van der Waals surface area contributed by atoms with E-state index in [0.29, 0.717) is 17.7 Å². The summed E-state index contributed by atoms with van der Waals surface area (Å²) in [6.07, 6.45) is -2.46. The van der Waals surface area contributed by atoms with Crippen molar-refractivity contribution in [2.24, 2.45) is 0 Å². The summed E-state index contributed by atoms with van der Waals surface area (Å²) in [7, 11) is 0. The number of benzene rings is 1. The summed E-state index contributed by atoms with van der Waals surface area (Å²) < 4.78 is 39.8. The van der Waals surface area contributed by atoms with Crippen LogP contribution in [0, 0.1) is 0 Å². The van der Waals surface area contributed by atoms with Crippen molar-refractivity contribution < 1.29 is 13.2 Å². The number of anilines is 3. The Morgan fingerprint density at radius 1 is 1.20 bits per heavy atom. The van der Waals surface area contributed by atoms with Gasteiger partial charge in [-0.05, 0) is 38.8 Å². The van der Waals surface area contributed by atoms with Gasteiger partial charge >= 0.3 is 6.18 Å². The van der Waals surface area contributed by atoms with Crippen LogP contribution in [0.1, 0.15) is 43.9 Å². The molecule has 0 aliphatic heterocycles. The van der Waals surface area contributed by atoms with Crippen LogP contribution in [-0.4, -0.2) is 16.0 Å². The van der Waals surface area contributed by atoms with Crippen LogP contribution in [-0.2, 0) is 6.18 Å². The van der Waals surface area contributed by atoms with Crippen molar-refractivity contribution in [3.05, 3.63) is 40.5 Å². The summed E-state index contributed by atoms with van der Waals surface area (Å²) >= 11 is 6.00. The molecule has 1 aliphatic rings. The number of aromatic nitrogens is 2. The van der Waals surface area contributed by atoms with Crippen LogP contribution in [0.5, 0.6) is 0 Å². The van der Waals surface area contributed by atoms with Crippen LogP contribution < -0.4 is 10.6 Å². The van der Waals surface area contributed by atoms with E-state index in [-0.39, 0.29) is 16.8 Å². The molecule has 0 bridgehead atoms. The van der Waals surface area contributed by atoms with Gasteiger partial charge in [-0.3, -0.25) is 0 Å². The third-order valence-corrected chi connectivity index (χ3v) is 4.05. The Bertz CT molecular complexity index is 773. The highest BCUT2D eigenvalue weighted by atomic mass is 35.5. The lowest BCUT2D eigenvalue weighted by Crippen LogP contribution is -2.14. The molecular weight excluding hydrogens is 353 g/mol. The fourth-order valence-corrected chi connectivity index (χ4v) is 2.68. The molecule has 134 valence electrons. The second-order valence-corrected chi connectivity index (χ2v) is 6.77. The van der Waals surface area contributed by atoms with Gasteiger partial charge in [-0.2, -0.15) is 18.2 Å². The molecule has 25 heavy (non-hydrogen) atoms. The topological polar surface area (TPSA) is 49.8 Å². The number of hydrogen-bond donors (Lipinski definition) is 2. The number of nitrogens with zero attached hydrogens (tertiary/aromatic N) is 2. The quantitative estimate of drug-likeness (QED) is 0.720. The van der Waals surface area contributed by atoms with Crippen molar-refractivity contribution >= 4 is 29.1 Å². The van der Waals surface area contributed by atoms with Crippen molar-refractivity contribution in [2.75, 3.05) is 10.6 Å². The molecular formula is C17H18ClF3N4. The number of hydrogen-bond acceptors (Lipinski definition) is 4. The molecule has 2 N–H and O–H groups in total. The number of halogens is 4. The van der Waals surface area contributed by atoms with Crippen molar-refractivity contribution in [1.82, 2.24) is 9.97 Å². The van der Waals surface area contributed by atoms with E-state index in [4.69, 9.17) is 11.6 Å². The van der Waals surface area contributed by atoms with E-state index in [1.54, 1.807) is 6.07 Å². The average molecular weight is 371 g/mol. The van der Waals surface area contributed by atoms with Crippen molar-refractivity contribution in [1.29, 1.82) is 0 Å². The molecule has 1 heterocycles. The summed E-state index contributed by atoms with van der Waals surface area (Å²) in [6.45, 7) is 3.88. The molecule has 0 spiro atoms.